The molecule has 1 amide bonds. The number of nitrogens with zero attached hydrogens (tertiary/aromatic N) is 2. The lowest BCUT2D eigenvalue weighted by Gasteiger charge is -2.32. The predicted octanol–water partition coefficient (Wildman–Crippen LogP) is 1.59. The largest absolute Gasteiger partial charge is 0.489 e. The minimum absolute atomic E-state index is 0. The molecular weight excluding hydrogens is 476 g/mol. The summed E-state index contributed by atoms with van der Waals surface area (Å²) in [5.41, 5.74) is 0. The Bertz CT molecular complexity index is 639. The number of likely N-dealkylation sites (N-methyl/N-ethyl adjacent to an activating group) is 1. The lowest BCUT2D eigenvalue weighted by Crippen LogP contribution is -2.51. The normalized spacial score (nSPS) is 16.6. The molecule has 1 aliphatic heterocycles. The summed E-state index contributed by atoms with van der Waals surface area (Å²) in [6.45, 7) is 4.67. The SMILES string of the molecule is CN=C(NCC(C)Oc1cccc(F)c1)NC1CCN(CC(=O)NC)CC1.I. The Morgan fingerprint density at radius 3 is 2.71 bits per heavy atom. The van der Waals surface area contributed by atoms with Crippen LogP contribution in [0.3, 0.4) is 0 Å². The fourth-order valence-corrected chi connectivity index (χ4v) is 2.96. The van der Waals surface area contributed by atoms with E-state index >= 15 is 0 Å². The third kappa shape index (κ3) is 8.59. The van der Waals surface area contributed by atoms with Crippen LogP contribution in [0.5, 0.6) is 5.75 Å². The number of piperidine rings is 1. The van der Waals surface area contributed by atoms with Crippen LogP contribution < -0.4 is 20.7 Å². The second kappa shape index (κ2) is 12.8. The number of hydrogen-bond acceptors (Lipinski definition) is 4. The third-order valence-corrected chi connectivity index (χ3v) is 4.49. The van der Waals surface area contributed by atoms with E-state index in [2.05, 4.69) is 25.8 Å². The minimum Gasteiger partial charge on any atom is -0.489 e. The molecule has 0 aromatic heterocycles. The maximum atomic E-state index is 13.2. The Kier molecular flexibility index (Phi) is 11.1. The minimum atomic E-state index is -0.312. The van der Waals surface area contributed by atoms with Crippen LogP contribution in [0.25, 0.3) is 0 Å². The number of aliphatic imine (C=N–C) groups is 1. The molecule has 1 saturated heterocycles. The van der Waals surface area contributed by atoms with Gasteiger partial charge >= 0.3 is 0 Å². The highest BCUT2D eigenvalue weighted by Gasteiger charge is 2.21. The van der Waals surface area contributed by atoms with Gasteiger partial charge in [-0.05, 0) is 31.9 Å². The molecule has 0 aliphatic carbocycles. The van der Waals surface area contributed by atoms with E-state index in [0.717, 1.165) is 31.9 Å². The van der Waals surface area contributed by atoms with Gasteiger partial charge in [-0.3, -0.25) is 14.7 Å². The maximum Gasteiger partial charge on any atom is 0.233 e. The molecule has 3 N–H and O–H groups in total. The summed E-state index contributed by atoms with van der Waals surface area (Å²) in [7, 11) is 3.39. The lowest BCUT2D eigenvalue weighted by atomic mass is 10.1. The van der Waals surface area contributed by atoms with Crippen molar-refractivity contribution in [3.05, 3.63) is 30.1 Å². The average Bonchev–Trinajstić information content (AvgIpc) is 2.66. The maximum absolute atomic E-state index is 13.2. The van der Waals surface area contributed by atoms with Gasteiger partial charge in [-0.2, -0.15) is 0 Å². The van der Waals surface area contributed by atoms with Gasteiger partial charge in [0.05, 0.1) is 13.1 Å². The van der Waals surface area contributed by atoms with Crippen molar-refractivity contribution in [2.45, 2.75) is 31.9 Å². The molecule has 0 spiro atoms. The molecule has 0 bridgehead atoms. The van der Waals surface area contributed by atoms with E-state index in [4.69, 9.17) is 4.74 Å². The Hall–Kier alpha value is -1.62. The van der Waals surface area contributed by atoms with Crippen LogP contribution >= 0.6 is 24.0 Å². The van der Waals surface area contributed by atoms with Crippen molar-refractivity contribution >= 4 is 35.8 Å². The van der Waals surface area contributed by atoms with Crippen LogP contribution in [-0.2, 0) is 4.79 Å². The van der Waals surface area contributed by atoms with E-state index in [1.54, 1.807) is 26.2 Å². The van der Waals surface area contributed by atoms with Gasteiger partial charge in [0.25, 0.3) is 0 Å². The number of benzene rings is 1. The first-order valence-electron chi connectivity index (χ1n) is 9.32. The molecule has 158 valence electrons. The van der Waals surface area contributed by atoms with Crippen LogP contribution in [0.4, 0.5) is 4.39 Å². The molecule has 1 aromatic carbocycles. The molecule has 2 rings (SSSR count). The summed E-state index contributed by atoms with van der Waals surface area (Å²) in [6.07, 6.45) is 1.76. The van der Waals surface area contributed by atoms with Crippen molar-refractivity contribution < 1.29 is 13.9 Å². The van der Waals surface area contributed by atoms with E-state index in [9.17, 15) is 9.18 Å². The monoisotopic (exact) mass is 507 g/mol. The van der Waals surface area contributed by atoms with Crippen molar-refractivity contribution in [3.63, 3.8) is 0 Å². The third-order valence-electron chi connectivity index (χ3n) is 4.49. The fraction of sp³-hybridized carbons (Fsp3) is 0.579. The summed E-state index contributed by atoms with van der Waals surface area (Å²) in [6, 6.07) is 6.44. The quantitative estimate of drug-likeness (QED) is 0.297. The topological polar surface area (TPSA) is 78.0 Å². The van der Waals surface area contributed by atoms with E-state index in [1.165, 1.54) is 12.1 Å². The number of nitrogens with one attached hydrogen (secondary N) is 3. The second-order valence-electron chi connectivity index (χ2n) is 6.71. The molecule has 1 aliphatic rings. The Balaban J connectivity index is 0.00000392. The van der Waals surface area contributed by atoms with Crippen LogP contribution in [0.2, 0.25) is 0 Å². The molecule has 9 heteroatoms. The number of hydrogen-bond donors (Lipinski definition) is 3. The highest BCUT2D eigenvalue weighted by atomic mass is 127. The molecule has 0 radical (unpaired) electrons. The molecule has 0 saturated carbocycles. The van der Waals surface area contributed by atoms with Gasteiger partial charge in [0, 0.05) is 39.3 Å². The van der Waals surface area contributed by atoms with Gasteiger partial charge in [0.1, 0.15) is 17.7 Å². The molecule has 1 unspecified atom stereocenters. The highest BCUT2D eigenvalue weighted by molar-refractivity contribution is 14.0. The lowest BCUT2D eigenvalue weighted by molar-refractivity contribution is -0.122. The van der Waals surface area contributed by atoms with Crippen LogP contribution in [0.1, 0.15) is 19.8 Å². The first kappa shape index (κ1) is 24.4. The number of carbonyl (C=O) groups is 1. The zero-order valence-corrected chi connectivity index (χ0v) is 19.0. The van der Waals surface area contributed by atoms with Gasteiger partial charge in [-0.25, -0.2) is 4.39 Å². The van der Waals surface area contributed by atoms with E-state index in [0.29, 0.717) is 24.9 Å². The summed E-state index contributed by atoms with van der Waals surface area (Å²) in [5.74, 6) is 0.962. The number of guanidine groups is 1. The number of ether oxygens (including phenoxy) is 1. The van der Waals surface area contributed by atoms with Gasteiger partial charge in [0.2, 0.25) is 5.91 Å². The number of likely N-dealkylation sites (tertiary alicyclic amines) is 1. The summed E-state index contributed by atoms with van der Waals surface area (Å²) in [5, 5.41) is 9.32. The number of carbonyl (C=O) groups excluding carboxylic acids is 1. The zero-order chi connectivity index (χ0) is 19.6. The molecule has 1 heterocycles. The van der Waals surface area contributed by atoms with Crippen LogP contribution in [0, 0.1) is 5.82 Å². The van der Waals surface area contributed by atoms with Gasteiger partial charge in [-0.15, -0.1) is 24.0 Å². The Labute approximate surface area is 183 Å². The molecule has 7 nitrogen and oxygen atoms in total. The van der Waals surface area contributed by atoms with Gasteiger partial charge in [0.15, 0.2) is 5.96 Å². The fourth-order valence-electron chi connectivity index (χ4n) is 2.96. The molecule has 1 aromatic rings. The smallest absolute Gasteiger partial charge is 0.233 e. The number of amides is 1. The summed E-state index contributed by atoms with van der Waals surface area (Å²) < 4.78 is 18.9. The number of halogens is 2. The zero-order valence-electron chi connectivity index (χ0n) is 16.7. The first-order valence-corrected chi connectivity index (χ1v) is 9.32. The average molecular weight is 507 g/mol. The highest BCUT2D eigenvalue weighted by Crippen LogP contribution is 2.13. The van der Waals surface area contributed by atoms with Crippen molar-refractivity contribution in [1.82, 2.24) is 20.9 Å². The standard InChI is InChI=1S/C19H30FN5O2.HI/c1-14(27-17-6-4-5-15(20)11-17)12-23-19(22-3)24-16-7-9-25(10-8-16)13-18(26)21-2;/h4-6,11,14,16H,7-10,12-13H2,1-3H3,(H,21,26)(H2,22,23,24);1H. The number of rotatable bonds is 7. The second-order valence-corrected chi connectivity index (χ2v) is 6.71. The summed E-state index contributed by atoms with van der Waals surface area (Å²) >= 11 is 0. The molecular formula is C19H31FIN5O2. The van der Waals surface area contributed by atoms with Gasteiger partial charge in [-0.1, -0.05) is 6.07 Å². The Morgan fingerprint density at radius 2 is 2.11 bits per heavy atom. The first-order chi connectivity index (χ1) is 13.0. The van der Waals surface area contributed by atoms with Crippen molar-refractivity contribution in [3.8, 4) is 5.75 Å². The van der Waals surface area contributed by atoms with Gasteiger partial charge < -0.3 is 20.7 Å². The molecule has 1 fully saturated rings. The molecule has 28 heavy (non-hydrogen) atoms. The Morgan fingerprint density at radius 1 is 1.39 bits per heavy atom. The predicted molar refractivity (Wildman–Crippen MR) is 120 cm³/mol. The van der Waals surface area contributed by atoms with E-state index in [-0.39, 0.29) is 41.8 Å². The van der Waals surface area contributed by atoms with Crippen molar-refractivity contribution in [2.75, 3.05) is 40.3 Å². The van der Waals surface area contributed by atoms with E-state index in [1.807, 2.05) is 6.92 Å². The molecule has 1 atom stereocenters. The van der Waals surface area contributed by atoms with E-state index < -0.39 is 0 Å². The van der Waals surface area contributed by atoms with Crippen molar-refractivity contribution in [1.29, 1.82) is 0 Å². The van der Waals surface area contributed by atoms with Crippen LogP contribution in [0.15, 0.2) is 29.3 Å². The van der Waals surface area contributed by atoms with Crippen LogP contribution in [-0.4, -0.2) is 69.2 Å². The van der Waals surface area contributed by atoms with Crippen molar-refractivity contribution in [2.24, 2.45) is 4.99 Å². The summed E-state index contributed by atoms with van der Waals surface area (Å²) in [4.78, 5) is 17.9.